The summed E-state index contributed by atoms with van der Waals surface area (Å²) in [5, 5.41) is 21.0. The van der Waals surface area contributed by atoms with Gasteiger partial charge in [0, 0.05) is 30.9 Å². The molecular weight excluding hydrogens is 366 g/mol. The number of hydrogen-bond acceptors (Lipinski definition) is 7. The highest BCUT2D eigenvalue weighted by molar-refractivity contribution is 8.00. The number of nitrogens with zero attached hydrogens (tertiary/aromatic N) is 3. The molecule has 3 aliphatic rings. The van der Waals surface area contributed by atoms with Crippen molar-refractivity contribution in [1.82, 2.24) is 9.80 Å². The van der Waals surface area contributed by atoms with Gasteiger partial charge in [-0.05, 0) is 12.7 Å². The number of carbonyl (C=O) groups excluding carboxylic acids is 2. The lowest BCUT2D eigenvalue weighted by Crippen LogP contribution is -2.75. The van der Waals surface area contributed by atoms with E-state index >= 15 is 0 Å². The maximum atomic E-state index is 13.3. The maximum Gasteiger partial charge on any atom is 0.267 e. The van der Waals surface area contributed by atoms with Gasteiger partial charge in [0.25, 0.3) is 17.5 Å². The average Bonchev–Trinajstić information content (AvgIpc) is 2.96. The summed E-state index contributed by atoms with van der Waals surface area (Å²) in [5.41, 5.74) is -1.26. The van der Waals surface area contributed by atoms with Crippen molar-refractivity contribution < 1.29 is 19.6 Å². The number of hydrogen-bond donors (Lipinski definition) is 2. The van der Waals surface area contributed by atoms with Crippen LogP contribution in [0.15, 0.2) is 23.9 Å². The van der Waals surface area contributed by atoms with Crippen LogP contribution >= 0.6 is 24.4 Å². The molecule has 2 fully saturated rings. The Kier molecular flexibility index (Phi) is 4.41. The first-order valence-electron chi connectivity index (χ1n) is 7.72. The molecule has 4 unspecified atom stereocenters. The molecule has 0 radical (unpaired) electrons. The van der Waals surface area contributed by atoms with E-state index < -0.39 is 33.9 Å². The van der Waals surface area contributed by atoms with E-state index in [0.717, 1.165) is 11.8 Å². The van der Waals surface area contributed by atoms with Gasteiger partial charge in [-0.25, -0.2) is 0 Å². The van der Waals surface area contributed by atoms with Gasteiger partial charge in [-0.1, -0.05) is 6.08 Å². The average molecular weight is 385 g/mol. The lowest BCUT2D eigenvalue weighted by Gasteiger charge is -2.53. The molecule has 10 heteroatoms. The SMILES string of the molecule is CSC1(CO)C(=O)N2C3C=C([N+](=O)[O-])C=CC3CC2(CS)C(=O)N1C. The van der Waals surface area contributed by atoms with Crippen molar-refractivity contribution in [3.05, 3.63) is 34.0 Å². The van der Waals surface area contributed by atoms with Crippen molar-refractivity contribution in [3.8, 4) is 0 Å². The van der Waals surface area contributed by atoms with E-state index in [9.17, 15) is 24.8 Å². The van der Waals surface area contributed by atoms with Crippen molar-refractivity contribution in [2.75, 3.05) is 25.7 Å². The molecule has 2 heterocycles. The van der Waals surface area contributed by atoms with Gasteiger partial charge in [-0.15, -0.1) is 11.8 Å². The van der Waals surface area contributed by atoms with Gasteiger partial charge in [-0.3, -0.25) is 19.7 Å². The van der Waals surface area contributed by atoms with Crippen LogP contribution in [-0.2, 0) is 9.59 Å². The zero-order valence-electron chi connectivity index (χ0n) is 13.8. The summed E-state index contributed by atoms with van der Waals surface area (Å²) >= 11 is 5.42. The quantitative estimate of drug-likeness (QED) is 0.405. The molecule has 8 nitrogen and oxygen atoms in total. The molecule has 0 aromatic rings. The third-order valence-corrected chi connectivity index (χ3v) is 7.23. The van der Waals surface area contributed by atoms with Crippen molar-refractivity contribution in [3.63, 3.8) is 0 Å². The molecule has 0 bridgehead atoms. The van der Waals surface area contributed by atoms with E-state index in [4.69, 9.17) is 0 Å². The third kappa shape index (κ3) is 2.20. The Hall–Kier alpha value is -1.52. The summed E-state index contributed by atoms with van der Waals surface area (Å²) in [6, 6.07) is -0.597. The number of nitro groups is 1. The van der Waals surface area contributed by atoms with E-state index in [1.165, 1.54) is 29.0 Å². The fourth-order valence-corrected chi connectivity index (χ4v) is 5.21. The van der Waals surface area contributed by atoms with Crippen LogP contribution in [0.5, 0.6) is 0 Å². The molecule has 4 atom stereocenters. The molecule has 136 valence electrons. The van der Waals surface area contributed by atoms with E-state index in [1.807, 2.05) is 0 Å². The smallest absolute Gasteiger partial charge is 0.267 e. The second kappa shape index (κ2) is 6.03. The number of allylic oxidation sites excluding steroid dienone is 1. The highest BCUT2D eigenvalue weighted by Gasteiger charge is 2.67. The Bertz CT molecular complexity index is 705. The first-order valence-corrected chi connectivity index (χ1v) is 9.58. The van der Waals surface area contributed by atoms with Crippen molar-refractivity contribution in [2.24, 2.45) is 5.92 Å². The third-order valence-electron chi connectivity index (χ3n) is 5.45. The lowest BCUT2D eigenvalue weighted by atomic mass is 9.88. The molecular formula is C15H19N3O5S2. The predicted molar refractivity (Wildman–Crippen MR) is 95.6 cm³/mol. The van der Waals surface area contributed by atoms with Crippen LogP contribution in [0.4, 0.5) is 0 Å². The zero-order chi connectivity index (χ0) is 18.6. The summed E-state index contributed by atoms with van der Waals surface area (Å²) in [6.07, 6.45) is 6.53. The normalized spacial score (nSPS) is 37.0. The molecule has 1 aliphatic carbocycles. The number of aliphatic hydroxyl groups excluding tert-OH is 1. The standard InChI is InChI=1S/C15H19N3O5S2/c1-16-12(20)14(8-24)6-9-3-4-10(18(22)23)5-11(9)17(14)13(21)15(16,7-19)25-2/h3-5,9,11,19,24H,6-8H2,1-2H3. The van der Waals surface area contributed by atoms with Gasteiger partial charge in [0.05, 0.1) is 17.6 Å². The Morgan fingerprint density at radius 2 is 2.16 bits per heavy atom. The number of aliphatic hydroxyl groups is 1. The molecule has 0 saturated carbocycles. The minimum atomic E-state index is -1.43. The highest BCUT2D eigenvalue weighted by Crippen LogP contribution is 2.50. The largest absolute Gasteiger partial charge is 0.392 e. The Balaban J connectivity index is 2.16. The summed E-state index contributed by atoms with van der Waals surface area (Å²) in [4.78, 5) is 38.4. The minimum Gasteiger partial charge on any atom is -0.392 e. The van der Waals surface area contributed by atoms with Gasteiger partial charge in [0.15, 0.2) is 4.87 Å². The second-order valence-corrected chi connectivity index (χ2v) is 7.84. The fourth-order valence-electron chi connectivity index (χ4n) is 4.04. The number of amides is 2. The van der Waals surface area contributed by atoms with E-state index in [-0.39, 0.29) is 23.3 Å². The van der Waals surface area contributed by atoms with Crippen LogP contribution in [0.2, 0.25) is 0 Å². The Labute approximate surface area is 154 Å². The molecule has 2 aliphatic heterocycles. The van der Waals surface area contributed by atoms with Crippen molar-refractivity contribution >= 4 is 36.2 Å². The number of rotatable bonds is 4. The maximum absolute atomic E-state index is 13.3. The van der Waals surface area contributed by atoms with Gasteiger partial charge < -0.3 is 14.9 Å². The van der Waals surface area contributed by atoms with Crippen molar-refractivity contribution in [2.45, 2.75) is 22.9 Å². The number of likely N-dealkylation sites (N-methyl/N-ethyl adjacent to an activating group) is 1. The Morgan fingerprint density at radius 3 is 2.68 bits per heavy atom. The van der Waals surface area contributed by atoms with Gasteiger partial charge in [-0.2, -0.15) is 12.6 Å². The number of carbonyl (C=O) groups is 2. The first kappa shape index (κ1) is 18.3. The van der Waals surface area contributed by atoms with E-state index in [2.05, 4.69) is 12.6 Å². The number of fused-ring (bicyclic) bond motifs is 3. The van der Waals surface area contributed by atoms with E-state index in [1.54, 1.807) is 12.3 Å². The van der Waals surface area contributed by atoms with Crippen LogP contribution in [0.3, 0.4) is 0 Å². The molecule has 2 saturated heterocycles. The molecule has 25 heavy (non-hydrogen) atoms. The summed E-state index contributed by atoms with van der Waals surface area (Å²) < 4.78 is 0. The molecule has 0 aromatic carbocycles. The van der Waals surface area contributed by atoms with E-state index in [0.29, 0.717) is 6.42 Å². The van der Waals surface area contributed by atoms with Crippen LogP contribution in [0, 0.1) is 16.0 Å². The Morgan fingerprint density at radius 1 is 1.48 bits per heavy atom. The highest BCUT2D eigenvalue weighted by atomic mass is 32.2. The molecule has 3 rings (SSSR count). The number of thiol groups is 1. The lowest BCUT2D eigenvalue weighted by molar-refractivity contribution is -0.419. The molecule has 1 N–H and O–H groups in total. The monoisotopic (exact) mass is 385 g/mol. The number of thioether (sulfide) groups is 1. The molecule has 0 aromatic heterocycles. The predicted octanol–water partition coefficient (Wildman–Crippen LogP) is 0.126. The van der Waals surface area contributed by atoms with Crippen LogP contribution in [-0.4, -0.2) is 73.8 Å². The molecule has 0 spiro atoms. The van der Waals surface area contributed by atoms with Gasteiger partial charge in [0.1, 0.15) is 5.54 Å². The molecule has 2 amide bonds. The van der Waals surface area contributed by atoms with Gasteiger partial charge in [0.2, 0.25) is 0 Å². The minimum absolute atomic E-state index is 0.103. The summed E-state index contributed by atoms with van der Waals surface area (Å²) in [5.74, 6) is -0.807. The topological polar surface area (TPSA) is 104 Å². The first-order chi connectivity index (χ1) is 11.8. The van der Waals surface area contributed by atoms with Crippen LogP contribution in [0.1, 0.15) is 6.42 Å². The fraction of sp³-hybridized carbons (Fsp3) is 0.600. The van der Waals surface area contributed by atoms with Gasteiger partial charge >= 0.3 is 0 Å². The summed E-state index contributed by atoms with van der Waals surface area (Å²) in [6.45, 7) is -0.534. The zero-order valence-corrected chi connectivity index (χ0v) is 15.5. The summed E-state index contributed by atoms with van der Waals surface area (Å²) in [7, 11) is 1.51. The van der Waals surface area contributed by atoms with Crippen LogP contribution < -0.4 is 0 Å². The van der Waals surface area contributed by atoms with Crippen LogP contribution in [0.25, 0.3) is 0 Å². The number of piperazine rings is 1. The second-order valence-electron chi connectivity index (χ2n) is 6.44. The van der Waals surface area contributed by atoms with Crippen molar-refractivity contribution in [1.29, 1.82) is 0 Å².